The predicted octanol–water partition coefficient (Wildman–Crippen LogP) is 7.00. The Morgan fingerprint density at radius 3 is 1.50 bits per heavy atom. The van der Waals surface area contributed by atoms with Crippen LogP contribution in [0.3, 0.4) is 0 Å². The van der Waals surface area contributed by atoms with Crippen molar-refractivity contribution >= 4 is 11.6 Å². The number of benzene rings is 2. The van der Waals surface area contributed by atoms with Gasteiger partial charge in [0.25, 0.3) is 0 Å². The number of Topliss-reactive ketones (excluding diaryl/α,β-unsaturated/α-hetero) is 2. The standard InChI is InChI=1S/C33H48O5/c1-26(2)31(27-14-8-6-9-15-27)29(34)18-12-20-36-22-24-38-25-23-37-21-13-19-30(35)32(33(3,4)5)28-16-10-7-11-17-28/h6-11,14-17,26,31-32H,12-13,18-25H2,1-5H3. The third-order valence-electron chi connectivity index (χ3n) is 6.66. The lowest BCUT2D eigenvalue weighted by molar-refractivity contribution is -0.123. The van der Waals surface area contributed by atoms with Gasteiger partial charge in [-0.1, -0.05) is 95.3 Å². The molecule has 0 saturated heterocycles. The Labute approximate surface area is 230 Å². The Bertz CT molecular complexity index is 917. The average molecular weight is 525 g/mol. The van der Waals surface area contributed by atoms with Crippen LogP contribution in [0.2, 0.25) is 0 Å². The highest BCUT2D eigenvalue weighted by molar-refractivity contribution is 5.86. The molecule has 5 nitrogen and oxygen atoms in total. The topological polar surface area (TPSA) is 61.8 Å². The second-order valence-corrected chi connectivity index (χ2v) is 11.3. The third-order valence-corrected chi connectivity index (χ3v) is 6.66. The van der Waals surface area contributed by atoms with Gasteiger partial charge >= 0.3 is 0 Å². The maximum absolute atomic E-state index is 12.9. The lowest BCUT2D eigenvalue weighted by Crippen LogP contribution is -2.26. The molecule has 5 heteroatoms. The van der Waals surface area contributed by atoms with Gasteiger partial charge in [-0.3, -0.25) is 9.59 Å². The van der Waals surface area contributed by atoms with Crippen LogP contribution in [-0.4, -0.2) is 51.2 Å². The minimum absolute atomic E-state index is 0.0542. The van der Waals surface area contributed by atoms with E-state index in [2.05, 4.69) is 34.6 Å². The summed E-state index contributed by atoms with van der Waals surface area (Å²) in [7, 11) is 0. The van der Waals surface area contributed by atoms with Crippen LogP contribution >= 0.6 is 0 Å². The Kier molecular flexibility index (Phi) is 14.5. The normalized spacial score (nSPS) is 13.4. The van der Waals surface area contributed by atoms with Gasteiger partial charge in [-0.25, -0.2) is 0 Å². The molecule has 0 radical (unpaired) electrons. The quantitative estimate of drug-likeness (QED) is 0.185. The molecular formula is C33H48O5. The molecule has 2 unspecified atom stereocenters. The van der Waals surface area contributed by atoms with Gasteiger partial charge in [-0.15, -0.1) is 0 Å². The third kappa shape index (κ3) is 11.6. The molecule has 0 aromatic heterocycles. The largest absolute Gasteiger partial charge is 0.379 e. The fourth-order valence-electron chi connectivity index (χ4n) is 4.96. The molecule has 0 amide bonds. The second kappa shape index (κ2) is 17.3. The molecule has 0 aliphatic heterocycles. The van der Waals surface area contributed by atoms with E-state index in [1.54, 1.807) is 0 Å². The zero-order valence-electron chi connectivity index (χ0n) is 24.1. The van der Waals surface area contributed by atoms with Gasteiger partial charge in [0, 0.05) is 37.9 Å². The first-order valence-corrected chi connectivity index (χ1v) is 14.1. The van der Waals surface area contributed by atoms with Gasteiger partial charge in [0.1, 0.15) is 11.6 Å². The number of ketones is 2. The smallest absolute Gasteiger partial charge is 0.140 e. The second-order valence-electron chi connectivity index (χ2n) is 11.3. The molecule has 0 aliphatic carbocycles. The molecule has 2 aromatic carbocycles. The van der Waals surface area contributed by atoms with E-state index < -0.39 is 0 Å². The summed E-state index contributed by atoms with van der Waals surface area (Å²) >= 11 is 0. The zero-order chi connectivity index (χ0) is 27.8. The van der Waals surface area contributed by atoms with Crippen molar-refractivity contribution in [2.24, 2.45) is 11.3 Å². The number of carbonyl (C=O) groups excluding carboxylic acids is 2. The monoisotopic (exact) mass is 524 g/mol. The SMILES string of the molecule is CC(C)C(C(=O)CCCOCCOCCOCCCC(=O)C(c1ccccc1)C(C)(C)C)c1ccccc1. The first-order valence-electron chi connectivity index (χ1n) is 14.1. The molecule has 0 spiro atoms. The summed E-state index contributed by atoms with van der Waals surface area (Å²) in [6, 6.07) is 20.1. The van der Waals surface area contributed by atoms with Crippen LogP contribution in [0.1, 0.15) is 83.3 Å². The van der Waals surface area contributed by atoms with Crippen molar-refractivity contribution in [3.63, 3.8) is 0 Å². The number of carbonyl (C=O) groups is 2. The Morgan fingerprint density at radius 2 is 1.05 bits per heavy atom. The summed E-state index contributed by atoms with van der Waals surface area (Å²) in [6.07, 6.45) is 2.47. The molecule has 2 atom stereocenters. The van der Waals surface area contributed by atoms with E-state index in [-0.39, 0.29) is 34.7 Å². The van der Waals surface area contributed by atoms with Crippen LogP contribution in [0.15, 0.2) is 60.7 Å². The van der Waals surface area contributed by atoms with Crippen molar-refractivity contribution in [1.29, 1.82) is 0 Å². The molecule has 0 bridgehead atoms. The fraction of sp³-hybridized carbons (Fsp3) is 0.576. The van der Waals surface area contributed by atoms with Crippen molar-refractivity contribution in [1.82, 2.24) is 0 Å². The highest BCUT2D eigenvalue weighted by Crippen LogP contribution is 2.36. The predicted molar refractivity (Wildman–Crippen MR) is 154 cm³/mol. The van der Waals surface area contributed by atoms with Crippen LogP contribution in [0.4, 0.5) is 0 Å². The van der Waals surface area contributed by atoms with E-state index >= 15 is 0 Å². The fourth-order valence-corrected chi connectivity index (χ4v) is 4.96. The molecule has 2 aromatic rings. The Hall–Kier alpha value is -2.34. The summed E-state index contributed by atoms with van der Waals surface area (Å²) in [6.45, 7) is 13.7. The minimum atomic E-state index is -0.122. The first-order chi connectivity index (χ1) is 18.2. The van der Waals surface area contributed by atoms with E-state index in [0.717, 1.165) is 17.5 Å². The first kappa shape index (κ1) is 31.9. The number of hydrogen-bond acceptors (Lipinski definition) is 5. The van der Waals surface area contributed by atoms with Crippen molar-refractivity contribution < 1.29 is 23.8 Å². The molecule has 2 rings (SSSR count). The lowest BCUT2D eigenvalue weighted by Gasteiger charge is -2.30. The molecule has 0 heterocycles. The average Bonchev–Trinajstić information content (AvgIpc) is 2.87. The van der Waals surface area contributed by atoms with Crippen molar-refractivity contribution in [3.05, 3.63) is 71.8 Å². The molecular weight excluding hydrogens is 476 g/mol. The highest BCUT2D eigenvalue weighted by Gasteiger charge is 2.31. The summed E-state index contributed by atoms with van der Waals surface area (Å²) in [5.41, 5.74) is 2.06. The van der Waals surface area contributed by atoms with Gasteiger partial charge in [0.05, 0.1) is 26.4 Å². The van der Waals surface area contributed by atoms with Crippen molar-refractivity contribution in [3.8, 4) is 0 Å². The zero-order valence-corrected chi connectivity index (χ0v) is 24.1. The van der Waals surface area contributed by atoms with Crippen LogP contribution in [-0.2, 0) is 23.8 Å². The van der Waals surface area contributed by atoms with Gasteiger partial charge in [0.15, 0.2) is 0 Å². The molecule has 0 saturated carbocycles. The Morgan fingerprint density at radius 1 is 0.632 bits per heavy atom. The lowest BCUT2D eigenvalue weighted by atomic mass is 9.73. The summed E-state index contributed by atoms with van der Waals surface area (Å²) < 4.78 is 16.9. The van der Waals surface area contributed by atoms with E-state index in [1.807, 2.05) is 60.7 Å². The van der Waals surface area contributed by atoms with E-state index in [1.165, 1.54) is 0 Å². The minimum Gasteiger partial charge on any atom is -0.379 e. The van der Waals surface area contributed by atoms with Gasteiger partial charge < -0.3 is 14.2 Å². The van der Waals surface area contributed by atoms with E-state index in [9.17, 15) is 9.59 Å². The summed E-state index contributed by atoms with van der Waals surface area (Å²) in [5.74, 6) is 0.657. The maximum atomic E-state index is 12.9. The van der Waals surface area contributed by atoms with Gasteiger partial charge in [0.2, 0.25) is 0 Å². The molecule has 0 N–H and O–H groups in total. The Balaban J connectivity index is 1.49. The summed E-state index contributed by atoms with van der Waals surface area (Å²) in [5, 5.41) is 0. The maximum Gasteiger partial charge on any atom is 0.140 e. The summed E-state index contributed by atoms with van der Waals surface area (Å²) in [4.78, 5) is 25.7. The van der Waals surface area contributed by atoms with E-state index in [4.69, 9.17) is 14.2 Å². The highest BCUT2D eigenvalue weighted by atomic mass is 16.5. The number of ether oxygens (including phenoxy) is 3. The molecule has 0 fully saturated rings. The van der Waals surface area contributed by atoms with Crippen LogP contribution in [0, 0.1) is 11.3 Å². The number of hydrogen-bond donors (Lipinski definition) is 0. The van der Waals surface area contributed by atoms with Crippen LogP contribution < -0.4 is 0 Å². The van der Waals surface area contributed by atoms with Crippen molar-refractivity contribution in [2.75, 3.05) is 39.6 Å². The molecule has 38 heavy (non-hydrogen) atoms. The van der Waals surface area contributed by atoms with Crippen molar-refractivity contribution in [2.45, 2.75) is 72.1 Å². The van der Waals surface area contributed by atoms with E-state index in [0.29, 0.717) is 58.9 Å². The number of rotatable bonds is 19. The molecule has 210 valence electrons. The van der Waals surface area contributed by atoms with Gasteiger partial charge in [-0.05, 0) is 35.3 Å². The molecule has 0 aliphatic rings. The van der Waals surface area contributed by atoms with Gasteiger partial charge in [-0.2, -0.15) is 0 Å². The van der Waals surface area contributed by atoms with Crippen LogP contribution in [0.5, 0.6) is 0 Å². The van der Waals surface area contributed by atoms with Crippen LogP contribution in [0.25, 0.3) is 0 Å².